The number of benzene rings is 2. The lowest BCUT2D eigenvalue weighted by Crippen LogP contribution is -2.46. The van der Waals surface area contributed by atoms with Crippen LogP contribution in [0.5, 0.6) is 0 Å². The molecule has 0 saturated carbocycles. The average molecular weight is 635 g/mol. The predicted octanol–water partition coefficient (Wildman–Crippen LogP) is 4.23. The van der Waals surface area contributed by atoms with Gasteiger partial charge in [0.2, 0.25) is 5.95 Å². The van der Waals surface area contributed by atoms with Crippen molar-refractivity contribution in [2.75, 3.05) is 12.4 Å². The third-order valence-electron chi connectivity index (χ3n) is 6.86. The fourth-order valence-electron chi connectivity index (χ4n) is 4.65. The molecule has 11 nitrogen and oxygen atoms in total. The summed E-state index contributed by atoms with van der Waals surface area (Å²) in [6.07, 6.45) is -4.56. The van der Waals surface area contributed by atoms with Crippen LogP contribution < -0.4 is 16.2 Å². The number of nitrogens with one attached hydrogen (secondary N) is 3. The lowest BCUT2D eigenvalue weighted by Gasteiger charge is -2.34. The largest absolute Gasteiger partial charge is 0.453 e. The van der Waals surface area contributed by atoms with Gasteiger partial charge in [-0.3, -0.25) is 19.5 Å². The van der Waals surface area contributed by atoms with Crippen LogP contribution in [0.4, 0.5) is 19.1 Å². The van der Waals surface area contributed by atoms with Crippen LogP contribution in [0.25, 0.3) is 5.69 Å². The summed E-state index contributed by atoms with van der Waals surface area (Å²) in [5, 5.41) is 11.3. The normalized spacial score (nSPS) is 14.8. The van der Waals surface area contributed by atoms with E-state index in [2.05, 4.69) is 30.8 Å². The molecule has 0 bridgehead atoms. The summed E-state index contributed by atoms with van der Waals surface area (Å²) in [6.45, 7) is 1.50. The molecule has 224 valence electrons. The van der Waals surface area contributed by atoms with E-state index in [9.17, 15) is 27.6 Å². The van der Waals surface area contributed by atoms with Crippen molar-refractivity contribution in [2.45, 2.75) is 38.7 Å². The van der Waals surface area contributed by atoms with Crippen LogP contribution in [-0.4, -0.2) is 54.5 Å². The van der Waals surface area contributed by atoms with Gasteiger partial charge < -0.3 is 15.5 Å². The first-order chi connectivity index (χ1) is 20.4. The number of carbonyl (C=O) groups excluding carboxylic acids is 2. The highest BCUT2D eigenvalue weighted by atomic mass is 35.5. The summed E-state index contributed by atoms with van der Waals surface area (Å²) in [7, 11) is 1.49. The topological polar surface area (TPSA) is 138 Å². The number of fused-ring (bicyclic) bond motifs is 1. The molecule has 3 N–H and O–H groups in total. The van der Waals surface area contributed by atoms with E-state index in [1.807, 2.05) is 0 Å². The number of H-pyrrole nitrogens is 1. The molecule has 0 saturated heterocycles. The highest BCUT2D eigenvalue weighted by molar-refractivity contribution is 6.42. The lowest BCUT2D eigenvalue weighted by atomic mass is 9.98. The van der Waals surface area contributed by atoms with Crippen LogP contribution in [0.15, 0.2) is 47.3 Å². The second kappa shape index (κ2) is 11.7. The van der Waals surface area contributed by atoms with Gasteiger partial charge in [-0.1, -0.05) is 23.2 Å². The molecule has 0 unspecified atom stereocenters. The summed E-state index contributed by atoms with van der Waals surface area (Å²) in [4.78, 5) is 49.0. The maximum absolute atomic E-state index is 13.9. The molecule has 43 heavy (non-hydrogen) atoms. The second-order valence-corrected chi connectivity index (χ2v) is 10.5. The zero-order valence-electron chi connectivity index (χ0n) is 22.6. The molecule has 2 aromatic carbocycles. The Morgan fingerprint density at radius 2 is 1.77 bits per heavy atom. The minimum absolute atomic E-state index is 0.0158. The number of anilines is 1. The van der Waals surface area contributed by atoms with E-state index in [-0.39, 0.29) is 54.2 Å². The lowest BCUT2D eigenvalue weighted by molar-refractivity contribution is -0.144. The van der Waals surface area contributed by atoms with Crippen molar-refractivity contribution in [1.29, 1.82) is 0 Å². The zero-order chi connectivity index (χ0) is 31.1. The Balaban J connectivity index is 1.54. The van der Waals surface area contributed by atoms with E-state index >= 15 is 0 Å². The van der Waals surface area contributed by atoms with E-state index in [0.717, 1.165) is 0 Å². The molecule has 0 spiro atoms. The highest BCUT2D eigenvalue weighted by Gasteiger charge is 2.36. The molecule has 0 radical (unpaired) electrons. The molecule has 5 rings (SSSR count). The van der Waals surface area contributed by atoms with Crippen molar-refractivity contribution >= 4 is 41.0 Å². The fraction of sp³-hybridized carbons (Fsp3) is 0.259. The summed E-state index contributed by atoms with van der Waals surface area (Å²) < 4.78 is 40.3. The van der Waals surface area contributed by atoms with Crippen molar-refractivity contribution in [3.8, 4) is 5.69 Å². The molecule has 16 heteroatoms. The van der Waals surface area contributed by atoms with Gasteiger partial charge in [0.1, 0.15) is 5.82 Å². The third-order valence-corrected chi connectivity index (χ3v) is 7.59. The second-order valence-electron chi connectivity index (χ2n) is 9.70. The molecule has 1 atom stereocenters. The van der Waals surface area contributed by atoms with Gasteiger partial charge in [-0.2, -0.15) is 13.2 Å². The summed E-state index contributed by atoms with van der Waals surface area (Å²) in [6, 6.07) is 10.3. The van der Waals surface area contributed by atoms with Crippen LogP contribution >= 0.6 is 23.2 Å². The number of carbonyl (C=O) groups is 2. The Morgan fingerprint density at radius 1 is 1.07 bits per heavy atom. The first-order valence-corrected chi connectivity index (χ1v) is 13.6. The predicted molar refractivity (Wildman–Crippen MR) is 151 cm³/mol. The molecule has 1 aliphatic rings. The van der Waals surface area contributed by atoms with E-state index in [1.165, 1.54) is 35.9 Å². The van der Waals surface area contributed by atoms with Crippen LogP contribution in [0, 0.1) is 0 Å². The number of hydrogen-bond donors (Lipinski definition) is 3. The monoisotopic (exact) mass is 634 g/mol. The van der Waals surface area contributed by atoms with Gasteiger partial charge in [0.15, 0.2) is 0 Å². The number of hydrogen-bond acceptors (Lipinski definition) is 7. The number of aromatic amines is 1. The Bertz CT molecular complexity index is 1770. The van der Waals surface area contributed by atoms with Crippen molar-refractivity contribution in [1.82, 2.24) is 34.9 Å². The third kappa shape index (κ3) is 6.06. The van der Waals surface area contributed by atoms with Crippen molar-refractivity contribution in [3.05, 3.63) is 96.9 Å². The molecular formula is C27H23Cl2F3N8O3. The van der Waals surface area contributed by atoms with E-state index in [4.69, 9.17) is 23.2 Å². The molecule has 4 aromatic rings. The Kier molecular flexibility index (Phi) is 8.16. The maximum Gasteiger partial charge on any atom is 0.453 e. The number of amides is 2. The Labute approximate surface area is 252 Å². The SMILES string of the molecule is CNC(=O)c1ccc(-n2c(NCc3nc(C(F)(F)F)n[nH]3)nc3c(c2=O)C[C@@H](C)N(C(=O)c2ccc(Cl)c(Cl)c2)C3)cc1. The zero-order valence-corrected chi connectivity index (χ0v) is 24.1. The number of halogens is 5. The van der Waals surface area contributed by atoms with Crippen LogP contribution in [-0.2, 0) is 25.7 Å². The Hall–Kier alpha value is -4.43. The molecule has 0 aliphatic carbocycles. The van der Waals surface area contributed by atoms with Gasteiger partial charge in [-0.05, 0) is 55.8 Å². The van der Waals surface area contributed by atoms with Crippen LogP contribution in [0.3, 0.4) is 0 Å². The quantitative estimate of drug-likeness (QED) is 0.288. The minimum Gasteiger partial charge on any atom is -0.355 e. The molecule has 2 aromatic heterocycles. The fourth-order valence-corrected chi connectivity index (χ4v) is 4.95. The summed E-state index contributed by atoms with van der Waals surface area (Å²) in [5.74, 6) is -2.17. The summed E-state index contributed by atoms with van der Waals surface area (Å²) >= 11 is 12.1. The maximum atomic E-state index is 13.9. The smallest absolute Gasteiger partial charge is 0.355 e. The molecule has 0 fully saturated rings. The van der Waals surface area contributed by atoms with E-state index in [1.54, 1.807) is 30.0 Å². The number of rotatable bonds is 6. The van der Waals surface area contributed by atoms with Gasteiger partial charge in [0, 0.05) is 29.8 Å². The standard InChI is InChI=1S/C27H23Cl2F3N8O3/c1-13-9-17-20(12-39(13)23(42)15-5-8-18(28)19(29)10-15)35-26(34-11-21-36-25(38-37-21)27(30,31)32)40(24(17)43)16-6-3-14(4-7-16)22(41)33-2/h3-8,10,13H,9,11-12H2,1-2H3,(H,33,41)(H,34,35)(H,36,37,38)/t13-/m1/s1. The van der Waals surface area contributed by atoms with Crippen LogP contribution in [0.2, 0.25) is 10.0 Å². The Morgan fingerprint density at radius 3 is 2.40 bits per heavy atom. The van der Waals surface area contributed by atoms with Gasteiger partial charge in [-0.25, -0.2) is 14.5 Å². The van der Waals surface area contributed by atoms with Gasteiger partial charge in [0.25, 0.3) is 23.2 Å². The summed E-state index contributed by atoms with van der Waals surface area (Å²) in [5.41, 5.74) is 1.24. The number of aromatic nitrogens is 5. The van der Waals surface area contributed by atoms with E-state index in [0.29, 0.717) is 33.1 Å². The molecule has 3 heterocycles. The first-order valence-electron chi connectivity index (χ1n) is 12.8. The van der Waals surface area contributed by atoms with Gasteiger partial charge in [-0.15, -0.1) is 5.10 Å². The molecule has 1 aliphatic heterocycles. The van der Waals surface area contributed by atoms with Crippen molar-refractivity contribution in [3.63, 3.8) is 0 Å². The molecular weight excluding hydrogens is 612 g/mol. The number of nitrogens with zero attached hydrogens (tertiary/aromatic N) is 5. The minimum atomic E-state index is -4.74. The van der Waals surface area contributed by atoms with Crippen molar-refractivity contribution < 1.29 is 22.8 Å². The van der Waals surface area contributed by atoms with Gasteiger partial charge in [0.05, 0.1) is 34.5 Å². The first kappa shape index (κ1) is 30.0. The number of alkyl halides is 3. The van der Waals surface area contributed by atoms with Crippen LogP contribution in [0.1, 0.15) is 50.5 Å². The van der Waals surface area contributed by atoms with E-state index < -0.39 is 17.6 Å². The molecule has 2 amide bonds. The van der Waals surface area contributed by atoms with Gasteiger partial charge >= 0.3 is 6.18 Å². The average Bonchev–Trinajstić information content (AvgIpc) is 3.47. The van der Waals surface area contributed by atoms with Crippen molar-refractivity contribution in [2.24, 2.45) is 0 Å². The highest BCUT2D eigenvalue weighted by Crippen LogP contribution is 2.28.